The molecule has 4 nitrogen and oxygen atoms in total. The molecule has 2 atom stereocenters. The van der Waals surface area contributed by atoms with Gasteiger partial charge in [-0.25, -0.2) is 9.97 Å². The SMILES string of the molecule is CCCC(OC)c1nc(C)c(C(C)CNC)c(C)n1. The molecule has 0 saturated carbocycles. The minimum absolute atomic E-state index is 0.0102. The molecule has 0 radical (unpaired) electrons. The Labute approximate surface area is 117 Å². The number of methoxy groups -OCH3 is 1. The van der Waals surface area contributed by atoms with Crippen molar-refractivity contribution in [3.63, 3.8) is 0 Å². The number of rotatable bonds is 7. The molecule has 0 aliphatic heterocycles. The first-order valence-electron chi connectivity index (χ1n) is 7.07. The van der Waals surface area contributed by atoms with Crippen LogP contribution in [0.4, 0.5) is 0 Å². The number of aryl methyl sites for hydroxylation is 2. The number of ether oxygens (including phenoxy) is 1. The van der Waals surface area contributed by atoms with Crippen molar-refractivity contribution < 1.29 is 4.74 Å². The third-order valence-electron chi connectivity index (χ3n) is 3.47. The van der Waals surface area contributed by atoms with Gasteiger partial charge in [-0.2, -0.15) is 0 Å². The van der Waals surface area contributed by atoms with Gasteiger partial charge in [0.1, 0.15) is 6.10 Å². The number of nitrogens with zero attached hydrogens (tertiary/aromatic N) is 2. The maximum atomic E-state index is 5.50. The van der Waals surface area contributed by atoms with Crippen LogP contribution >= 0.6 is 0 Å². The van der Waals surface area contributed by atoms with Gasteiger partial charge in [0.15, 0.2) is 5.82 Å². The molecule has 0 spiro atoms. The van der Waals surface area contributed by atoms with Crippen LogP contribution in [0.2, 0.25) is 0 Å². The molecule has 2 unspecified atom stereocenters. The standard InChI is InChI=1S/C15H27N3O/c1-7-8-13(19-6)15-17-11(3)14(12(4)18-15)10(2)9-16-5/h10,13,16H,7-9H2,1-6H3. The van der Waals surface area contributed by atoms with Gasteiger partial charge in [0.05, 0.1) is 0 Å². The average molecular weight is 265 g/mol. The van der Waals surface area contributed by atoms with E-state index in [1.807, 2.05) is 7.05 Å². The predicted molar refractivity (Wildman–Crippen MR) is 78.5 cm³/mol. The molecular formula is C15H27N3O. The van der Waals surface area contributed by atoms with Crippen LogP contribution in [0.15, 0.2) is 0 Å². The van der Waals surface area contributed by atoms with E-state index in [0.29, 0.717) is 5.92 Å². The van der Waals surface area contributed by atoms with Gasteiger partial charge in [0, 0.05) is 25.0 Å². The lowest BCUT2D eigenvalue weighted by Crippen LogP contribution is -2.19. The molecule has 108 valence electrons. The normalized spacial score (nSPS) is 14.4. The fourth-order valence-corrected chi connectivity index (χ4v) is 2.63. The summed E-state index contributed by atoms with van der Waals surface area (Å²) in [4.78, 5) is 9.33. The monoisotopic (exact) mass is 265 g/mol. The Hall–Kier alpha value is -1.00. The minimum atomic E-state index is 0.0102. The molecule has 1 aromatic heterocycles. The molecule has 0 bridgehead atoms. The smallest absolute Gasteiger partial charge is 0.157 e. The molecule has 0 fully saturated rings. The maximum Gasteiger partial charge on any atom is 0.157 e. The summed E-state index contributed by atoms with van der Waals surface area (Å²) in [5.41, 5.74) is 3.40. The predicted octanol–water partition coefficient (Wildman–Crippen LogP) is 2.90. The van der Waals surface area contributed by atoms with Gasteiger partial charge < -0.3 is 10.1 Å². The number of hydrogen-bond acceptors (Lipinski definition) is 4. The van der Waals surface area contributed by atoms with Crippen LogP contribution in [-0.4, -0.2) is 30.7 Å². The van der Waals surface area contributed by atoms with Crippen molar-refractivity contribution in [1.82, 2.24) is 15.3 Å². The van der Waals surface area contributed by atoms with Gasteiger partial charge in [0.25, 0.3) is 0 Å². The zero-order valence-electron chi connectivity index (χ0n) is 13.1. The van der Waals surface area contributed by atoms with Crippen LogP contribution in [0.1, 0.15) is 61.5 Å². The lowest BCUT2D eigenvalue weighted by atomic mass is 9.97. The van der Waals surface area contributed by atoms with Crippen molar-refractivity contribution in [1.29, 1.82) is 0 Å². The van der Waals surface area contributed by atoms with E-state index >= 15 is 0 Å². The summed E-state index contributed by atoms with van der Waals surface area (Å²) in [6.07, 6.45) is 2.04. The molecule has 0 amide bonds. The molecule has 4 heteroatoms. The summed E-state index contributed by atoms with van der Waals surface area (Å²) in [7, 11) is 3.70. The second-order valence-electron chi connectivity index (χ2n) is 5.14. The van der Waals surface area contributed by atoms with Crippen LogP contribution in [0.5, 0.6) is 0 Å². The van der Waals surface area contributed by atoms with Gasteiger partial charge in [-0.1, -0.05) is 20.3 Å². The summed E-state index contributed by atoms with van der Waals surface area (Å²) in [5, 5.41) is 3.21. The van der Waals surface area contributed by atoms with Gasteiger partial charge in [-0.15, -0.1) is 0 Å². The highest BCUT2D eigenvalue weighted by atomic mass is 16.5. The summed E-state index contributed by atoms with van der Waals surface area (Å²) in [6.45, 7) is 9.42. The Morgan fingerprint density at radius 2 is 1.79 bits per heavy atom. The van der Waals surface area contributed by atoms with Crippen molar-refractivity contribution >= 4 is 0 Å². The second kappa shape index (κ2) is 7.56. The van der Waals surface area contributed by atoms with E-state index in [2.05, 4.69) is 43.0 Å². The third kappa shape index (κ3) is 3.98. The minimum Gasteiger partial charge on any atom is -0.373 e. The number of aromatic nitrogens is 2. The quantitative estimate of drug-likeness (QED) is 0.823. The molecule has 0 aromatic carbocycles. The van der Waals surface area contributed by atoms with Gasteiger partial charge in [-0.3, -0.25) is 0 Å². The van der Waals surface area contributed by atoms with E-state index < -0.39 is 0 Å². The number of likely N-dealkylation sites (N-methyl/N-ethyl adjacent to an activating group) is 1. The molecule has 0 aliphatic rings. The van der Waals surface area contributed by atoms with E-state index in [-0.39, 0.29) is 6.10 Å². The van der Waals surface area contributed by atoms with Crippen molar-refractivity contribution in [3.8, 4) is 0 Å². The van der Waals surface area contributed by atoms with E-state index in [4.69, 9.17) is 4.74 Å². The highest BCUT2D eigenvalue weighted by molar-refractivity contribution is 5.28. The van der Waals surface area contributed by atoms with Crippen molar-refractivity contribution in [2.45, 2.75) is 52.6 Å². The second-order valence-corrected chi connectivity index (χ2v) is 5.14. The average Bonchev–Trinajstić information content (AvgIpc) is 2.35. The Balaban J connectivity index is 3.08. The summed E-state index contributed by atoms with van der Waals surface area (Å²) < 4.78 is 5.50. The van der Waals surface area contributed by atoms with Crippen LogP contribution < -0.4 is 5.32 Å². The van der Waals surface area contributed by atoms with Crippen molar-refractivity contribution in [2.24, 2.45) is 0 Å². The first-order valence-corrected chi connectivity index (χ1v) is 7.07. The Kier molecular flexibility index (Phi) is 6.38. The first kappa shape index (κ1) is 16.1. The molecule has 0 saturated heterocycles. The first-order chi connectivity index (χ1) is 9.04. The van der Waals surface area contributed by atoms with E-state index in [9.17, 15) is 0 Å². The molecular weight excluding hydrogens is 238 g/mol. The van der Waals surface area contributed by atoms with Gasteiger partial charge in [-0.05, 0) is 38.8 Å². The lowest BCUT2D eigenvalue weighted by Gasteiger charge is -2.19. The van der Waals surface area contributed by atoms with Crippen LogP contribution in [0, 0.1) is 13.8 Å². The molecule has 1 heterocycles. The van der Waals surface area contributed by atoms with Crippen LogP contribution in [0.3, 0.4) is 0 Å². The van der Waals surface area contributed by atoms with Gasteiger partial charge in [0.2, 0.25) is 0 Å². The number of nitrogens with one attached hydrogen (secondary N) is 1. The van der Waals surface area contributed by atoms with Crippen molar-refractivity contribution in [2.75, 3.05) is 20.7 Å². The number of hydrogen-bond donors (Lipinski definition) is 1. The largest absolute Gasteiger partial charge is 0.373 e. The molecule has 1 N–H and O–H groups in total. The fourth-order valence-electron chi connectivity index (χ4n) is 2.63. The molecule has 1 rings (SSSR count). The lowest BCUT2D eigenvalue weighted by molar-refractivity contribution is 0.0872. The summed E-state index contributed by atoms with van der Waals surface area (Å²) in [5.74, 6) is 1.24. The highest BCUT2D eigenvalue weighted by Crippen LogP contribution is 2.25. The van der Waals surface area contributed by atoms with Gasteiger partial charge >= 0.3 is 0 Å². The Bertz CT molecular complexity index is 383. The third-order valence-corrected chi connectivity index (χ3v) is 3.47. The van der Waals surface area contributed by atoms with Crippen molar-refractivity contribution in [3.05, 3.63) is 22.8 Å². The summed E-state index contributed by atoms with van der Waals surface area (Å²) >= 11 is 0. The van der Waals surface area contributed by atoms with Crippen LogP contribution in [-0.2, 0) is 4.74 Å². The maximum absolute atomic E-state index is 5.50. The Morgan fingerprint density at radius 3 is 2.21 bits per heavy atom. The zero-order chi connectivity index (χ0) is 14.4. The zero-order valence-corrected chi connectivity index (χ0v) is 13.1. The Morgan fingerprint density at radius 1 is 1.21 bits per heavy atom. The molecule has 0 aliphatic carbocycles. The van der Waals surface area contributed by atoms with Crippen LogP contribution in [0.25, 0.3) is 0 Å². The highest BCUT2D eigenvalue weighted by Gasteiger charge is 2.18. The summed E-state index contributed by atoms with van der Waals surface area (Å²) in [6, 6.07) is 0. The van der Waals surface area contributed by atoms with E-state index in [1.165, 1.54) is 5.56 Å². The fraction of sp³-hybridized carbons (Fsp3) is 0.733. The molecule has 19 heavy (non-hydrogen) atoms. The van der Waals surface area contributed by atoms with E-state index in [0.717, 1.165) is 36.6 Å². The molecule has 1 aromatic rings. The van der Waals surface area contributed by atoms with E-state index in [1.54, 1.807) is 7.11 Å². The topological polar surface area (TPSA) is 47.0 Å².